The summed E-state index contributed by atoms with van der Waals surface area (Å²) in [4.78, 5) is 25.3. The van der Waals surface area contributed by atoms with Crippen LogP contribution in [0.1, 0.15) is 45.3 Å². The Balaban J connectivity index is 2.49. The van der Waals surface area contributed by atoms with E-state index in [1.807, 2.05) is 6.07 Å². The number of carbonyl (C=O) groups excluding carboxylic acids is 2. The Morgan fingerprint density at radius 1 is 1.32 bits per heavy atom. The number of hydrogen-bond acceptors (Lipinski definition) is 4. The summed E-state index contributed by atoms with van der Waals surface area (Å²) in [5.41, 5.74) is 0. The third kappa shape index (κ3) is 7.15. The molecule has 0 radical (unpaired) electrons. The van der Waals surface area contributed by atoms with E-state index in [-0.39, 0.29) is 18.4 Å². The molecule has 6 nitrogen and oxygen atoms in total. The molecule has 6 heteroatoms. The van der Waals surface area contributed by atoms with Crippen molar-refractivity contribution in [2.45, 2.75) is 46.1 Å². The van der Waals surface area contributed by atoms with Gasteiger partial charge in [0.05, 0.1) is 25.8 Å². The highest BCUT2D eigenvalue weighted by Crippen LogP contribution is 2.07. The largest absolute Gasteiger partial charge is 0.467 e. The number of unbranched alkanes of at least 4 members (excludes halogenated alkanes) is 2. The number of nitrogens with zero attached hydrogens (tertiary/aromatic N) is 1. The summed E-state index contributed by atoms with van der Waals surface area (Å²) in [7, 11) is 0. The summed E-state index contributed by atoms with van der Waals surface area (Å²) in [6, 6.07) is 3.40. The minimum absolute atomic E-state index is 0.178. The van der Waals surface area contributed by atoms with E-state index in [2.05, 4.69) is 12.2 Å². The quantitative estimate of drug-likeness (QED) is 0.533. The lowest BCUT2D eigenvalue weighted by Crippen LogP contribution is -2.41. The number of carbonyl (C=O) groups is 2. The number of rotatable bonds is 10. The normalized spacial score (nSPS) is 10.3. The Kier molecular flexibility index (Phi) is 8.79. The first kappa shape index (κ1) is 18.1. The van der Waals surface area contributed by atoms with Crippen LogP contribution in [-0.2, 0) is 16.1 Å². The van der Waals surface area contributed by atoms with Crippen LogP contribution in [0.5, 0.6) is 0 Å². The van der Waals surface area contributed by atoms with Gasteiger partial charge in [-0.1, -0.05) is 19.8 Å². The molecule has 0 fully saturated rings. The topological polar surface area (TPSA) is 71.8 Å². The van der Waals surface area contributed by atoms with Crippen LogP contribution in [0.3, 0.4) is 0 Å². The van der Waals surface area contributed by atoms with Crippen LogP contribution in [0.25, 0.3) is 0 Å². The summed E-state index contributed by atoms with van der Waals surface area (Å²) in [5.74, 6) is 0.387. The molecule has 1 heterocycles. The summed E-state index contributed by atoms with van der Waals surface area (Å²) >= 11 is 0. The number of furan rings is 1. The molecule has 0 atom stereocenters. The van der Waals surface area contributed by atoms with Crippen molar-refractivity contribution < 1.29 is 18.7 Å². The van der Waals surface area contributed by atoms with Gasteiger partial charge in [-0.05, 0) is 25.5 Å². The van der Waals surface area contributed by atoms with Gasteiger partial charge < -0.3 is 19.4 Å². The summed E-state index contributed by atoms with van der Waals surface area (Å²) < 4.78 is 10.2. The molecular weight excluding hydrogens is 284 g/mol. The third-order valence-electron chi connectivity index (χ3n) is 3.16. The molecule has 1 aromatic heterocycles. The average Bonchev–Trinajstić information content (AvgIpc) is 3.01. The number of esters is 1. The molecule has 1 N–H and O–H groups in total. The van der Waals surface area contributed by atoms with E-state index >= 15 is 0 Å². The second-order valence-electron chi connectivity index (χ2n) is 4.99. The van der Waals surface area contributed by atoms with Gasteiger partial charge in [0, 0.05) is 13.1 Å². The minimum atomic E-state index is -0.300. The first-order chi connectivity index (χ1) is 10.7. The molecule has 0 aromatic carbocycles. The van der Waals surface area contributed by atoms with Gasteiger partial charge in [-0.25, -0.2) is 4.79 Å². The molecule has 0 aliphatic carbocycles. The van der Waals surface area contributed by atoms with E-state index in [1.54, 1.807) is 24.2 Å². The smallest absolute Gasteiger partial charge is 0.317 e. The summed E-state index contributed by atoms with van der Waals surface area (Å²) in [6.07, 6.45) is 4.89. The lowest BCUT2D eigenvalue weighted by Gasteiger charge is -2.21. The Hall–Kier alpha value is -1.98. The second-order valence-corrected chi connectivity index (χ2v) is 4.99. The van der Waals surface area contributed by atoms with E-state index in [0.29, 0.717) is 32.0 Å². The van der Waals surface area contributed by atoms with Gasteiger partial charge in [0.15, 0.2) is 0 Å². The van der Waals surface area contributed by atoms with Crippen molar-refractivity contribution in [3.8, 4) is 0 Å². The fourth-order valence-electron chi connectivity index (χ4n) is 1.98. The molecule has 0 bridgehead atoms. The first-order valence-corrected chi connectivity index (χ1v) is 7.88. The van der Waals surface area contributed by atoms with Crippen LogP contribution >= 0.6 is 0 Å². The maximum atomic E-state index is 12.2. The number of amides is 2. The van der Waals surface area contributed by atoms with Crippen molar-refractivity contribution in [2.75, 3.05) is 19.7 Å². The SMILES string of the molecule is CCCCCNC(=O)N(CCC(=O)OCC)Cc1ccco1. The standard InChI is InChI=1S/C16H26N2O4/c1-3-5-6-10-17-16(20)18(11-9-15(19)21-4-2)13-14-8-7-12-22-14/h7-8,12H,3-6,9-11,13H2,1-2H3,(H,17,20). The van der Waals surface area contributed by atoms with Gasteiger partial charge in [0.1, 0.15) is 5.76 Å². The zero-order valence-electron chi connectivity index (χ0n) is 13.5. The Morgan fingerprint density at radius 2 is 2.14 bits per heavy atom. The second kappa shape index (κ2) is 10.7. The van der Waals surface area contributed by atoms with Crippen LogP contribution in [-0.4, -0.2) is 36.6 Å². The average molecular weight is 310 g/mol. The number of urea groups is 1. The molecule has 124 valence electrons. The van der Waals surface area contributed by atoms with E-state index in [0.717, 1.165) is 19.3 Å². The van der Waals surface area contributed by atoms with Gasteiger partial charge in [0.25, 0.3) is 0 Å². The van der Waals surface area contributed by atoms with Crippen LogP contribution < -0.4 is 5.32 Å². The lowest BCUT2D eigenvalue weighted by molar-refractivity contribution is -0.143. The molecule has 2 amide bonds. The lowest BCUT2D eigenvalue weighted by atomic mass is 10.2. The molecule has 0 unspecified atom stereocenters. The first-order valence-electron chi connectivity index (χ1n) is 7.88. The maximum Gasteiger partial charge on any atom is 0.317 e. The predicted molar refractivity (Wildman–Crippen MR) is 83.3 cm³/mol. The number of hydrogen-bond donors (Lipinski definition) is 1. The Labute approximate surface area is 131 Å². The fourth-order valence-corrected chi connectivity index (χ4v) is 1.98. The predicted octanol–water partition coefficient (Wildman–Crippen LogP) is 2.93. The van der Waals surface area contributed by atoms with Crippen molar-refractivity contribution in [1.82, 2.24) is 10.2 Å². The molecule has 0 saturated heterocycles. The van der Waals surface area contributed by atoms with E-state index in [4.69, 9.17) is 9.15 Å². The molecule has 22 heavy (non-hydrogen) atoms. The van der Waals surface area contributed by atoms with Gasteiger partial charge in [0.2, 0.25) is 0 Å². The van der Waals surface area contributed by atoms with E-state index in [1.165, 1.54) is 0 Å². The monoisotopic (exact) mass is 310 g/mol. The summed E-state index contributed by atoms with van der Waals surface area (Å²) in [5, 5.41) is 2.88. The Bertz CT molecular complexity index is 431. The molecule has 1 rings (SSSR count). The molecule has 1 aromatic rings. The van der Waals surface area contributed by atoms with Gasteiger partial charge in [-0.2, -0.15) is 0 Å². The molecule has 0 saturated carbocycles. The zero-order valence-corrected chi connectivity index (χ0v) is 13.5. The third-order valence-corrected chi connectivity index (χ3v) is 3.16. The van der Waals surface area contributed by atoms with Crippen molar-refractivity contribution in [3.63, 3.8) is 0 Å². The highest BCUT2D eigenvalue weighted by atomic mass is 16.5. The van der Waals surface area contributed by atoms with E-state index < -0.39 is 0 Å². The van der Waals surface area contributed by atoms with Crippen LogP contribution in [0.2, 0.25) is 0 Å². The molecule has 0 aliphatic rings. The highest BCUT2D eigenvalue weighted by Gasteiger charge is 2.16. The van der Waals surface area contributed by atoms with Crippen LogP contribution in [0, 0.1) is 0 Å². The van der Waals surface area contributed by atoms with Crippen molar-refractivity contribution >= 4 is 12.0 Å². The van der Waals surface area contributed by atoms with E-state index in [9.17, 15) is 9.59 Å². The Morgan fingerprint density at radius 3 is 2.77 bits per heavy atom. The van der Waals surface area contributed by atoms with Crippen LogP contribution in [0.4, 0.5) is 4.79 Å². The fraction of sp³-hybridized carbons (Fsp3) is 0.625. The van der Waals surface area contributed by atoms with Gasteiger partial charge >= 0.3 is 12.0 Å². The number of nitrogens with one attached hydrogen (secondary N) is 1. The number of ether oxygens (including phenoxy) is 1. The van der Waals surface area contributed by atoms with Crippen molar-refractivity contribution in [2.24, 2.45) is 0 Å². The molecule has 0 aliphatic heterocycles. The van der Waals surface area contributed by atoms with Crippen molar-refractivity contribution in [3.05, 3.63) is 24.2 Å². The van der Waals surface area contributed by atoms with Crippen LogP contribution in [0.15, 0.2) is 22.8 Å². The minimum Gasteiger partial charge on any atom is -0.467 e. The van der Waals surface area contributed by atoms with Crippen molar-refractivity contribution in [1.29, 1.82) is 0 Å². The van der Waals surface area contributed by atoms with Gasteiger partial charge in [-0.3, -0.25) is 4.79 Å². The maximum absolute atomic E-state index is 12.2. The molecule has 0 spiro atoms. The summed E-state index contributed by atoms with van der Waals surface area (Å²) in [6.45, 7) is 5.51. The van der Waals surface area contributed by atoms with Gasteiger partial charge in [-0.15, -0.1) is 0 Å². The molecular formula is C16H26N2O4. The zero-order chi connectivity index (χ0) is 16.2. The highest BCUT2D eigenvalue weighted by molar-refractivity contribution is 5.75.